The number of carbonyl (C=O) groups excluding carboxylic acids is 1. The van der Waals surface area contributed by atoms with Crippen molar-refractivity contribution in [2.75, 3.05) is 0 Å². The average molecular weight is 278 g/mol. The van der Waals surface area contributed by atoms with Crippen LogP contribution in [0.2, 0.25) is 0 Å². The van der Waals surface area contributed by atoms with E-state index in [-0.39, 0.29) is 23.8 Å². The molecule has 4 heteroatoms. The molecule has 0 aliphatic heterocycles. The van der Waals surface area contributed by atoms with Crippen LogP contribution >= 0.6 is 0 Å². The monoisotopic (exact) mass is 278 g/mol. The highest BCUT2D eigenvalue weighted by Crippen LogP contribution is 2.25. The van der Waals surface area contributed by atoms with E-state index in [0.717, 1.165) is 25.7 Å². The summed E-state index contributed by atoms with van der Waals surface area (Å²) < 4.78 is 13.3. The van der Waals surface area contributed by atoms with E-state index in [9.17, 15) is 9.18 Å². The van der Waals surface area contributed by atoms with E-state index in [0.29, 0.717) is 5.56 Å². The molecule has 1 aliphatic carbocycles. The fraction of sp³-hybridized carbons (Fsp3) is 0.562. The van der Waals surface area contributed by atoms with Crippen molar-refractivity contribution < 1.29 is 9.18 Å². The summed E-state index contributed by atoms with van der Waals surface area (Å²) in [6, 6.07) is 6.70. The summed E-state index contributed by atoms with van der Waals surface area (Å²) in [6.45, 7) is 3.65. The smallest absolute Gasteiger partial charge is 0.230 e. The second kappa shape index (κ2) is 5.92. The zero-order valence-corrected chi connectivity index (χ0v) is 12.2. The summed E-state index contributed by atoms with van der Waals surface area (Å²) >= 11 is 0. The lowest BCUT2D eigenvalue weighted by Crippen LogP contribution is -2.47. The molecule has 0 spiro atoms. The first-order valence-electron chi connectivity index (χ1n) is 7.22. The van der Waals surface area contributed by atoms with Gasteiger partial charge in [-0.25, -0.2) is 4.39 Å². The maximum atomic E-state index is 13.3. The lowest BCUT2D eigenvalue weighted by atomic mass is 9.82. The molecular weight excluding hydrogens is 255 g/mol. The molecule has 0 unspecified atom stereocenters. The fourth-order valence-corrected chi connectivity index (χ4v) is 2.64. The molecule has 3 nitrogen and oxygen atoms in total. The van der Waals surface area contributed by atoms with Crippen LogP contribution in [-0.2, 0) is 10.2 Å². The summed E-state index contributed by atoms with van der Waals surface area (Å²) in [4.78, 5) is 12.5. The van der Waals surface area contributed by atoms with Crippen molar-refractivity contribution in [3.05, 3.63) is 35.6 Å². The molecule has 1 amide bonds. The summed E-state index contributed by atoms with van der Waals surface area (Å²) in [5, 5.41) is 3.08. The van der Waals surface area contributed by atoms with Gasteiger partial charge < -0.3 is 11.1 Å². The van der Waals surface area contributed by atoms with Gasteiger partial charge in [0.25, 0.3) is 0 Å². The quantitative estimate of drug-likeness (QED) is 0.892. The third-order valence-electron chi connectivity index (χ3n) is 4.22. The molecule has 1 fully saturated rings. The molecule has 1 aromatic rings. The van der Waals surface area contributed by atoms with Crippen molar-refractivity contribution >= 4 is 5.91 Å². The lowest BCUT2D eigenvalue weighted by molar-refractivity contribution is -0.126. The van der Waals surface area contributed by atoms with Gasteiger partial charge in [0.2, 0.25) is 5.91 Å². The molecular formula is C16H23FN2O. The Balaban J connectivity index is 2.03. The molecule has 0 aromatic heterocycles. The predicted molar refractivity (Wildman–Crippen MR) is 77.8 cm³/mol. The Morgan fingerprint density at radius 1 is 1.30 bits per heavy atom. The van der Waals surface area contributed by atoms with Crippen LogP contribution in [0.5, 0.6) is 0 Å². The van der Waals surface area contributed by atoms with Crippen molar-refractivity contribution in [2.45, 2.75) is 57.0 Å². The molecule has 0 radical (unpaired) electrons. The van der Waals surface area contributed by atoms with Gasteiger partial charge in [-0.2, -0.15) is 0 Å². The topological polar surface area (TPSA) is 55.1 Å². The van der Waals surface area contributed by atoms with Gasteiger partial charge in [0.1, 0.15) is 5.82 Å². The van der Waals surface area contributed by atoms with Gasteiger partial charge in [-0.3, -0.25) is 4.79 Å². The fourth-order valence-electron chi connectivity index (χ4n) is 2.64. The van der Waals surface area contributed by atoms with Crippen LogP contribution < -0.4 is 11.1 Å². The Morgan fingerprint density at radius 2 is 1.95 bits per heavy atom. The van der Waals surface area contributed by atoms with Gasteiger partial charge in [-0.15, -0.1) is 0 Å². The zero-order valence-electron chi connectivity index (χ0n) is 12.2. The van der Waals surface area contributed by atoms with Crippen LogP contribution in [0.15, 0.2) is 24.3 Å². The first kappa shape index (κ1) is 15.0. The van der Waals surface area contributed by atoms with Crippen LogP contribution in [-0.4, -0.2) is 18.0 Å². The first-order chi connectivity index (χ1) is 9.39. The number of nitrogens with one attached hydrogen (secondary N) is 1. The highest BCUT2D eigenvalue weighted by atomic mass is 19.1. The minimum Gasteiger partial charge on any atom is -0.353 e. The third-order valence-corrected chi connectivity index (χ3v) is 4.22. The van der Waals surface area contributed by atoms with E-state index in [4.69, 9.17) is 5.73 Å². The molecule has 1 aromatic carbocycles. The molecule has 1 aliphatic rings. The number of amides is 1. The van der Waals surface area contributed by atoms with Crippen LogP contribution in [0.4, 0.5) is 4.39 Å². The maximum absolute atomic E-state index is 13.3. The Kier molecular flexibility index (Phi) is 4.43. The molecule has 20 heavy (non-hydrogen) atoms. The van der Waals surface area contributed by atoms with Gasteiger partial charge in [-0.1, -0.05) is 12.1 Å². The molecule has 0 atom stereocenters. The largest absolute Gasteiger partial charge is 0.353 e. The molecule has 2 rings (SSSR count). The maximum Gasteiger partial charge on any atom is 0.230 e. The first-order valence-corrected chi connectivity index (χ1v) is 7.22. The van der Waals surface area contributed by atoms with Crippen molar-refractivity contribution in [2.24, 2.45) is 5.73 Å². The average Bonchev–Trinajstić information content (AvgIpc) is 2.41. The second-order valence-corrected chi connectivity index (χ2v) is 6.22. The highest BCUT2D eigenvalue weighted by Gasteiger charge is 2.32. The van der Waals surface area contributed by atoms with Gasteiger partial charge >= 0.3 is 0 Å². The van der Waals surface area contributed by atoms with E-state index in [1.54, 1.807) is 12.1 Å². The van der Waals surface area contributed by atoms with Gasteiger partial charge in [0, 0.05) is 12.1 Å². The van der Waals surface area contributed by atoms with Crippen LogP contribution in [0.25, 0.3) is 0 Å². The standard InChI is InChI=1S/C16H23FN2O/c1-16(2,11-4-3-5-12(17)10-11)15(20)19-14-8-6-13(18)7-9-14/h3-5,10,13-14H,6-9,18H2,1-2H3,(H,19,20). The number of halogens is 1. The van der Waals surface area contributed by atoms with Gasteiger partial charge in [0.15, 0.2) is 0 Å². The highest BCUT2D eigenvalue weighted by molar-refractivity contribution is 5.87. The molecule has 0 saturated heterocycles. The number of nitrogens with two attached hydrogens (primary N) is 1. The van der Waals surface area contributed by atoms with Crippen molar-refractivity contribution in [1.82, 2.24) is 5.32 Å². The normalized spacial score (nSPS) is 23.4. The number of hydrogen-bond acceptors (Lipinski definition) is 2. The Labute approximate surface area is 119 Å². The van der Waals surface area contributed by atoms with E-state index in [1.807, 2.05) is 13.8 Å². The summed E-state index contributed by atoms with van der Waals surface area (Å²) in [5.41, 5.74) is 5.83. The van der Waals surface area contributed by atoms with Crippen LogP contribution in [0, 0.1) is 5.82 Å². The number of benzene rings is 1. The van der Waals surface area contributed by atoms with Crippen molar-refractivity contribution in [3.63, 3.8) is 0 Å². The minimum absolute atomic E-state index is 0.0522. The predicted octanol–water partition coefficient (Wildman–Crippen LogP) is 2.49. The summed E-state index contributed by atoms with van der Waals surface area (Å²) in [6.07, 6.45) is 3.74. The van der Waals surface area contributed by atoms with E-state index in [1.165, 1.54) is 12.1 Å². The number of carbonyl (C=O) groups is 1. The molecule has 0 bridgehead atoms. The van der Waals surface area contributed by atoms with Crippen LogP contribution in [0.3, 0.4) is 0 Å². The Bertz CT molecular complexity index is 479. The molecule has 3 N–H and O–H groups in total. The second-order valence-electron chi connectivity index (χ2n) is 6.22. The lowest BCUT2D eigenvalue weighted by Gasteiger charge is -2.31. The molecule has 1 saturated carbocycles. The van der Waals surface area contributed by atoms with Gasteiger partial charge in [-0.05, 0) is 57.2 Å². The number of rotatable bonds is 3. The SMILES string of the molecule is CC(C)(C(=O)NC1CCC(N)CC1)c1cccc(F)c1. The van der Waals surface area contributed by atoms with E-state index >= 15 is 0 Å². The van der Waals surface area contributed by atoms with Gasteiger partial charge in [0.05, 0.1) is 5.41 Å². The summed E-state index contributed by atoms with van der Waals surface area (Å²) in [5.74, 6) is -0.365. The summed E-state index contributed by atoms with van der Waals surface area (Å²) in [7, 11) is 0. The van der Waals surface area contributed by atoms with Crippen molar-refractivity contribution in [1.29, 1.82) is 0 Å². The third kappa shape index (κ3) is 3.37. The van der Waals surface area contributed by atoms with E-state index < -0.39 is 5.41 Å². The van der Waals surface area contributed by atoms with Crippen molar-refractivity contribution in [3.8, 4) is 0 Å². The number of hydrogen-bond donors (Lipinski definition) is 2. The Hall–Kier alpha value is -1.42. The molecule has 110 valence electrons. The zero-order chi connectivity index (χ0) is 14.8. The molecule has 0 heterocycles. The minimum atomic E-state index is -0.734. The van der Waals surface area contributed by atoms with Crippen LogP contribution in [0.1, 0.15) is 45.1 Å². The Morgan fingerprint density at radius 3 is 2.55 bits per heavy atom. The van der Waals surface area contributed by atoms with E-state index in [2.05, 4.69) is 5.32 Å².